The second kappa shape index (κ2) is 28.3. The molecule has 0 unspecified atom stereocenters. The maximum absolute atomic E-state index is 2.44. The Balaban J connectivity index is 0.000000132. The summed E-state index contributed by atoms with van der Waals surface area (Å²) in [6, 6.07) is 170. The zero-order chi connectivity index (χ0) is 83.8. The number of hydrogen-bond donors (Lipinski definition) is 0. The second-order valence-corrected chi connectivity index (χ2v) is 34.5. The van der Waals surface area contributed by atoms with Gasteiger partial charge in [-0.05, 0) is 300 Å². The molecule has 0 saturated heterocycles. The minimum absolute atomic E-state index is 1.15. The molecule has 22 aromatic carbocycles. The minimum Gasteiger partial charge on any atom is -0.309 e. The molecule has 0 saturated carbocycles. The molecule has 2 aliphatic rings. The fourth-order valence-electron chi connectivity index (χ4n) is 21.8. The summed E-state index contributed by atoms with van der Waals surface area (Å²) in [5.41, 5.74) is 39.4. The van der Waals surface area contributed by atoms with E-state index in [1.54, 1.807) is 0 Å². The van der Waals surface area contributed by atoms with Crippen molar-refractivity contribution in [2.75, 3.05) is 0 Å². The maximum Gasteiger partial charge on any atom is 0.0541 e. The van der Waals surface area contributed by atoms with E-state index in [-0.39, 0.29) is 0 Å². The van der Waals surface area contributed by atoms with Gasteiger partial charge < -0.3 is 18.3 Å². The number of rotatable bonds is 10. The van der Waals surface area contributed by atoms with Crippen LogP contribution in [0.5, 0.6) is 0 Å². The lowest BCUT2D eigenvalue weighted by Crippen LogP contribution is -1.94. The summed E-state index contributed by atoms with van der Waals surface area (Å²) in [5, 5.41) is 20.6. The summed E-state index contributed by atoms with van der Waals surface area (Å²) in [6.07, 6.45) is 0. The number of aromatic nitrogens is 4. The molecule has 0 spiro atoms. The van der Waals surface area contributed by atoms with E-state index >= 15 is 0 Å². The van der Waals surface area contributed by atoms with Crippen LogP contribution in [0.25, 0.3) is 264 Å². The molecule has 28 rings (SSSR count). The van der Waals surface area contributed by atoms with Crippen molar-refractivity contribution < 1.29 is 0 Å². The molecular weight excluding hydrogens is 1550 g/mol. The van der Waals surface area contributed by atoms with Crippen molar-refractivity contribution in [3.8, 4) is 134 Å². The fourth-order valence-corrected chi connectivity index (χ4v) is 21.8. The Morgan fingerprint density at radius 3 is 0.750 bits per heavy atom. The van der Waals surface area contributed by atoms with E-state index in [9.17, 15) is 0 Å². The number of para-hydroxylation sites is 4. The highest BCUT2D eigenvalue weighted by Crippen LogP contribution is 2.54. The first kappa shape index (κ1) is 71.6. The molecule has 0 N–H and O–H groups in total. The van der Waals surface area contributed by atoms with Crippen molar-refractivity contribution in [2.45, 2.75) is 0 Å². The van der Waals surface area contributed by atoms with Gasteiger partial charge in [-0.1, -0.05) is 315 Å². The summed E-state index contributed by atoms with van der Waals surface area (Å²) < 4.78 is 9.66. The van der Waals surface area contributed by atoms with Crippen molar-refractivity contribution >= 4 is 130 Å². The number of benzene rings is 22. The van der Waals surface area contributed by atoms with Gasteiger partial charge in [0.1, 0.15) is 0 Å². The lowest BCUT2D eigenvalue weighted by Gasteiger charge is -2.12. The number of nitrogens with zero attached hydrogens (tertiary/aromatic N) is 4. The van der Waals surface area contributed by atoms with Crippen LogP contribution in [0.2, 0.25) is 0 Å². The first-order valence-corrected chi connectivity index (χ1v) is 44.3. The van der Waals surface area contributed by atoms with Crippen LogP contribution in [0, 0.1) is 0 Å². The molecule has 0 atom stereocenters. The summed E-state index contributed by atoms with van der Waals surface area (Å²) in [7, 11) is 0. The SMILES string of the molecule is c1ccc(-c2ccc(-n3c4ccccc4c4cc(-c5ccc6c(c5)c5ccccc5n6-c5ccc(-c6ccc7c(c6)-c6cc8ccccc8c8cccc-7c68)cc5)ccc43)cc2)cc1.c1ccc(-c2ccc(-n3c4ccccc4c4cc(-c5ccc6c(c5)c5ccccc5n6-c5cccc(-c6ccc7c(c6)-c6cc8ccccc8c8cccc-7c68)c5)ccc43)cc2)cc1. The van der Waals surface area contributed by atoms with Crippen LogP contribution in [0.15, 0.2) is 461 Å². The summed E-state index contributed by atoms with van der Waals surface area (Å²) in [4.78, 5) is 0. The largest absolute Gasteiger partial charge is 0.309 e. The molecule has 4 heterocycles. The van der Waals surface area contributed by atoms with Crippen molar-refractivity contribution in [3.05, 3.63) is 461 Å². The zero-order valence-corrected chi connectivity index (χ0v) is 69.7. The summed E-state index contributed by atoms with van der Waals surface area (Å²) in [5.74, 6) is 0. The molecular formula is C124H76N4. The zero-order valence-electron chi connectivity index (χ0n) is 69.7. The normalized spacial score (nSPS) is 12.1. The lowest BCUT2D eigenvalue weighted by molar-refractivity contribution is 1.18. The molecule has 4 aromatic heterocycles. The van der Waals surface area contributed by atoms with E-state index in [0.29, 0.717) is 0 Å². The standard InChI is InChI=1S/2C62H38N2/c1-2-12-39(13-3-1)40-24-29-46(30-25-40)63-58-22-8-6-18-50(58)55-36-43(27-32-60(55)63)44-28-33-61-56(37-44)51-19-7-9-23-59(51)64(61)47-16-10-15-41(34-47)42-26-31-49-53-21-11-20-52-48-17-5-4-14-45(48)38-57(62(52)53)54(49)35-42;1-2-11-39(12-3-1)40-21-28-46(29-22-40)63-58-19-8-6-15-50(58)55-36-43(26-33-60(55)63)44-27-34-61-56(37-44)51-16-7-9-20-59(51)64(61)47-30-23-41(24-31-47)42-25-32-49-53-18-10-17-52-48-14-5-4-13-45(48)38-57(62(52)53)54(49)35-42/h2*1-38H. The third-order valence-electron chi connectivity index (χ3n) is 27.7. The van der Waals surface area contributed by atoms with Gasteiger partial charge in [0.05, 0.1) is 44.1 Å². The Hall–Kier alpha value is -16.9. The van der Waals surface area contributed by atoms with E-state index in [1.165, 1.54) is 242 Å². The molecule has 2 aliphatic carbocycles. The molecule has 0 aliphatic heterocycles. The molecule has 26 aromatic rings. The average molecular weight is 1620 g/mol. The summed E-state index contributed by atoms with van der Waals surface area (Å²) in [6.45, 7) is 0. The van der Waals surface area contributed by atoms with Crippen LogP contribution in [0.3, 0.4) is 0 Å². The quantitative estimate of drug-likeness (QED) is 0.122. The Kier molecular flexibility index (Phi) is 15.8. The monoisotopic (exact) mass is 1620 g/mol. The maximum atomic E-state index is 2.44. The minimum atomic E-state index is 1.15. The smallest absolute Gasteiger partial charge is 0.0541 e. The van der Waals surface area contributed by atoms with Gasteiger partial charge in [0.2, 0.25) is 0 Å². The van der Waals surface area contributed by atoms with Crippen LogP contribution < -0.4 is 0 Å². The fraction of sp³-hybridized carbons (Fsp3) is 0. The van der Waals surface area contributed by atoms with E-state index in [2.05, 4.69) is 479 Å². The molecule has 592 valence electrons. The van der Waals surface area contributed by atoms with E-state index < -0.39 is 0 Å². The van der Waals surface area contributed by atoms with E-state index in [1.807, 2.05) is 0 Å². The van der Waals surface area contributed by atoms with Gasteiger partial charge in [-0.15, -0.1) is 0 Å². The Labute approximate surface area is 738 Å². The van der Waals surface area contributed by atoms with Crippen LogP contribution in [-0.2, 0) is 0 Å². The predicted octanol–water partition coefficient (Wildman–Crippen LogP) is 33.7. The first-order chi connectivity index (χ1) is 63.5. The molecule has 128 heavy (non-hydrogen) atoms. The topological polar surface area (TPSA) is 19.7 Å². The van der Waals surface area contributed by atoms with Crippen molar-refractivity contribution in [1.29, 1.82) is 0 Å². The molecule has 0 amide bonds. The van der Waals surface area contributed by atoms with E-state index in [4.69, 9.17) is 0 Å². The predicted molar refractivity (Wildman–Crippen MR) is 542 cm³/mol. The molecule has 0 fully saturated rings. The first-order valence-electron chi connectivity index (χ1n) is 44.3. The van der Waals surface area contributed by atoms with Crippen LogP contribution in [0.1, 0.15) is 0 Å². The van der Waals surface area contributed by atoms with Gasteiger partial charge in [0, 0.05) is 65.8 Å². The van der Waals surface area contributed by atoms with Gasteiger partial charge in [-0.3, -0.25) is 0 Å². The van der Waals surface area contributed by atoms with Gasteiger partial charge in [0.15, 0.2) is 0 Å². The van der Waals surface area contributed by atoms with Gasteiger partial charge >= 0.3 is 0 Å². The molecule has 4 heteroatoms. The molecule has 0 bridgehead atoms. The van der Waals surface area contributed by atoms with Crippen LogP contribution in [0.4, 0.5) is 0 Å². The number of hydrogen-bond acceptors (Lipinski definition) is 0. The van der Waals surface area contributed by atoms with Crippen molar-refractivity contribution in [2.24, 2.45) is 0 Å². The van der Waals surface area contributed by atoms with Crippen molar-refractivity contribution in [3.63, 3.8) is 0 Å². The summed E-state index contributed by atoms with van der Waals surface area (Å²) >= 11 is 0. The highest BCUT2D eigenvalue weighted by molar-refractivity contribution is 6.26. The van der Waals surface area contributed by atoms with Crippen LogP contribution in [-0.4, -0.2) is 18.3 Å². The molecule has 0 radical (unpaired) electrons. The Morgan fingerprint density at radius 2 is 0.367 bits per heavy atom. The third-order valence-corrected chi connectivity index (χ3v) is 27.7. The second-order valence-electron chi connectivity index (χ2n) is 34.5. The van der Waals surface area contributed by atoms with Gasteiger partial charge in [-0.2, -0.15) is 0 Å². The highest BCUT2D eigenvalue weighted by Gasteiger charge is 2.28. The van der Waals surface area contributed by atoms with E-state index in [0.717, 1.165) is 22.7 Å². The Morgan fingerprint density at radius 1 is 0.109 bits per heavy atom. The van der Waals surface area contributed by atoms with Gasteiger partial charge in [-0.25, -0.2) is 0 Å². The Bertz CT molecular complexity index is 9150. The molecule has 4 nitrogen and oxygen atoms in total. The number of fused-ring (bicyclic) bond motifs is 22. The highest BCUT2D eigenvalue weighted by atomic mass is 15.0. The average Bonchev–Trinajstić information content (AvgIpc) is 1.56. The van der Waals surface area contributed by atoms with Crippen LogP contribution >= 0.6 is 0 Å². The van der Waals surface area contributed by atoms with Crippen molar-refractivity contribution in [1.82, 2.24) is 18.3 Å². The van der Waals surface area contributed by atoms with Gasteiger partial charge in [0.25, 0.3) is 0 Å². The third kappa shape index (κ3) is 11.1. The lowest BCUT2D eigenvalue weighted by atomic mass is 9.95.